The van der Waals surface area contributed by atoms with Crippen molar-refractivity contribution in [2.75, 3.05) is 19.6 Å². The van der Waals surface area contributed by atoms with Crippen molar-refractivity contribution in [2.24, 2.45) is 5.41 Å². The Kier molecular flexibility index (Phi) is 8.43. The summed E-state index contributed by atoms with van der Waals surface area (Å²) in [6.45, 7) is 8.03. The van der Waals surface area contributed by atoms with Gasteiger partial charge < -0.3 is 14.4 Å². The van der Waals surface area contributed by atoms with Gasteiger partial charge in [-0.15, -0.1) is 0 Å². The van der Waals surface area contributed by atoms with E-state index in [-0.39, 0.29) is 17.9 Å². The van der Waals surface area contributed by atoms with Gasteiger partial charge in [-0.05, 0) is 62.6 Å². The van der Waals surface area contributed by atoms with Crippen LogP contribution in [0.3, 0.4) is 0 Å². The molecule has 210 valence electrons. The quantitative estimate of drug-likeness (QED) is 0.485. The summed E-state index contributed by atoms with van der Waals surface area (Å²) in [7, 11) is 0. The first-order chi connectivity index (χ1) is 18.5. The molecule has 0 unspecified atom stereocenters. The van der Waals surface area contributed by atoms with E-state index < -0.39 is 17.6 Å². The molecule has 2 fully saturated rings. The molecular weight excluding hydrogens is 515 g/mol. The molecule has 5 rings (SSSR count). The molecule has 1 amide bonds. The number of halogens is 3. The third-order valence-electron chi connectivity index (χ3n) is 7.25. The summed E-state index contributed by atoms with van der Waals surface area (Å²) in [5.74, 6) is -1.44. The van der Waals surface area contributed by atoms with E-state index in [9.17, 15) is 18.0 Å². The zero-order valence-corrected chi connectivity index (χ0v) is 21.8. The van der Waals surface area contributed by atoms with E-state index in [1.54, 1.807) is 18.7 Å². The largest absolute Gasteiger partial charge is 0.490 e. The van der Waals surface area contributed by atoms with Crippen LogP contribution in [0.25, 0.3) is 0 Å². The Hall–Kier alpha value is -3.67. The van der Waals surface area contributed by atoms with Gasteiger partial charge in [-0.2, -0.15) is 18.3 Å². The number of likely N-dealkylation sites (tertiary alicyclic amines) is 2. The molecule has 1 N–H and O–H groups in total. The molecule has 9 nitrogen and oxygen atoms in total. The topological polar surface area (TPSA) is 105 Å². The van der Waals surface area contributed by atoms with Gasteiger partial charge in [0.2, 0.25) is 5.91 Å². The Bertz CT molecular complexity index is 1250. The fourth-order valence-corrected chi connectivity index (χ4v) is 5.60. The lowest BCUT2D eigenvalue weighted by molar-refractivity contribution is -0.192. The van der Waals surface area contributed by atoms with E-state index in [1.807, 2.05) is 30.5 Å². The van der Waals surface area contributed by atoms with Crippen LogP contribution in [0.5, 0.6) is 0 Å². The molecule has 3 aromatic heterocycles. The number of carboxylic acids is 1. The fraction of sp³-hybridized carbons (Fsp3) is 0.481. The van der Waals surface area contributed by atoms with Crippen LogP contribution in [0.2, 0.25) is 0 Å². The van der Waals surface area contributed by atoms with E-state index in [0.717, 1.165) is 50.3 Å². The van der Waals surface area contributed by atoms with E-state index in [1.165, 1.54) is 5.69 Å². The lowest BCUT2D eigenvalue weighted by atomic mass is 9.70. The molecule has 2 saturated heterocycles. The minimum absolute atomic E-state index is 0.107. The van der Waals surface area contributed by atoms with Crippen molar-refractivity contribution in [2.45, 2.75) is 57.9 Å². The SMILES string of the molecule is CC(C)n1nccc1[C@@H]1CN(Cc2ccco2)C[C@]12CCCN(Cc1ccncc1)C2=O.O=C(O)C(F)(F)F. The van der Waals surface area contributed by atoms with Gasteiger partial charge in [-0.3, -0.25) is 19.4 Å². The molecule has 2 aliphatic rings. The Morgan fingerprint density at radius 1 is 1.18 bits per heavy atom. The second kappa shape index (κ2) is 11.6. The van der Waals surface area contributed by atoms with Crippen LogP contribution < -0.4 is 0 Å². The molecule has 0 saturated carbocycles. The van der Waals surface area contributed by atoms with Crippen LogP contribution in [0, 0.1) is 5.41 Å². The predicted octanol–water partition coefficient (Wildman–Crippen LogP) is 4.49. The molecule has 12 heteroatoms. The number of carbonyl (C=O) groups excluding carboxylic acids is 1. The van der Waals surface area contributed by atoms with E-state index in [2.05, 4.69) is 44.5 Å². The van der Waals surface area contributed by atoms with Crippen LogP contribution >= 0.6 is 0 Å². The van der Waals surface area contributed by atoms with Gasteiger partial charge in [0.25, 0.3) is 0 Å². The lowest BCUT2D eigenvalue weighted by Crippen LogP contribution is -2.52. The highest BCUT2D eigenvalue weighted by Gasteiger charge is 2.56. The van der Waals surface area contributed by atoms with Crippen molar-refractivity contribution < 1.29 is 32.3 Å². The molecular formula is C27H32F3N5O4. The normalized spacial score (nSPS) is 21.8. The van der Waals surface area contributed by atoms with Crippen molar-refractivity contribution in [1.29, 1.82) is 0 Å². The second-order valence-corrected chi connectivity index (χ2v) is 10.2. The van der Waals surface area contributed by atoms with Gasteiger partial charge >= 0.3 is 12.1 Å². The predicted molar refractivity (Wildman–Crippen MR) is 134 cm³/mol. The minimum Gasteiger partial charge on any atom is -0.475 e. The van der Waals surface area contributed by atoms with Crippen molar-refractivity contribution in [3.8, 4) is 0 Å². The van der Waals surface area contributed by atoms with Gasteiger partial charge in [0.1, 0.15) is 5.76 Å². The highest BCUT2D eigenvalue weighted by atomic mass is 19.4. The second-order valence-electron chi connectivity index (χ2n) is 10.2. The Morgan fingerprint density at radius 2 is 1.90 bits per heavy atom. The minimum atomic E-state index is -5.08. The monoisotopic (exact) mass is 547 g/mol. The third kappa shape index (κ3) is 6.32. The smallest absolute Gasteiger partial charge is 0.475 e. The highest BCUT2D eigenvalue weighted by Crippen LogP contribution is 2.50. The summed E-state index contributed by atoms with van der Waals surface area (Å²) in [5, 5.41) is 11.7. The standard InChI is InChI=1S/C25H31N5O2.C2HF3O2/c1-19(2)30-23(8-12-27-30)22-17-28(16-21-5-3-14-32-21)18-25(22)9-4-13-29(24(25)31)15-20-6-10-26-11-7-20;3-2(4,5)1(6)7/h3,5-8,10-12,14,19,22H,4,9,13,15-18H2,1-2H3;(H,6,7)/t22-,25+;/m0./s1. The van der Waals surface area contributed by atoms with Crippen molar-refractivity contribution in [3.05, 3.63) is 72.2 Å². The zero-order chi connectivity index (χ0) is 28.2. The Labute approximate surface area is 224 Å². The molecule has 2 aliphatic heterocycles. The Morgan fingerprint density at radius 3 is 2.51 bits per heavy atom. The summed E-state index contributed by atoms with van der Waals surface area (Å²) in [5.41, 5.74) is 1.85. The maximum atomic E-state index is 14.1. The van der Waals surface area contributed by atoms with Gasteiger partial charge in [0.05, 0.1) is 18.2 Å². The van der Waals surface area contributed by atoms with Crippen molar-refractivity contribution >= 4 is 11.9 Å². The van der Waals surface area contributed by atoms with Crippen LogP contribution in [-0.4, -0.2) is 67.4 Å². The van der Waals surface area contributed by atoms with Crippen LogP contribution in [-0.2, 0) is 22.7 Å². The molecule has 0 bridgehead atoms. The van der Waals surface area contributed by atoms with Crippen LogP contribution in [0.4, 0.5) is 13.2 Å². The lowest BCUT2D eigenvalue weighted by Gasteiger charge is -2.42. The number of alkyl halides is 3. The summed E-state index contributed by atoms with van der Waals surface area (Å²) in [6.07, 6.45) is 4.02. The average molecular weight is 548 g/mol. The Balaban J connectivity index is 0.000000448. The van der Waals surface area contributed by atoms with Crippen molar-refractivity contribution in [3.63, 3.8) is 0 Å². The van der Waals surface area contributed by atoms with Crippen LogP contribution in [0.1, 0.15) is 55.7 Å². The molecule has 1 spiro atoms. The van der Waals surface area contributed by atoms with Crippen LogP contribution in [0.15, 0.2) is 59.6 Å². The van der Waals surface area contributed by atoms with E-state index in [0.29, 0.717) is 6.54 Å². The zero-order valence-electron chi connectivity index (χ0n) is 21.8. The first kappa shape index (κ1) is 28.3. The number of hydrogen-bond donors (Lipinski definition) is 1. The number of amides is 1. The first-order valence-electron chi connectivity index (χ1n) is 12.8. The summed E-state index contributed by atoms with van der Waals surface area (Å²) >= 11 is 0. The van der Waals surface area contributed by atoms with E-state index in [4.69, 9.17) is 14.3 Å². The number of hydrogen-bond acceptors (Lipinski definition) is 6. The van der Waals surface area contributed by atoms with Gasteiger partial charge in [0, 0.05) is 62.4 Å². The number of nitrogens with zero attached hydrogens (tertiary/aromatic N) is 5. The average Bonchev–Trinajstić information content (AvgIpc) is 3.64. The number of furan rings is 1. The number of piperidine rings is 1. The maximum Gasteiger partial charge on any atom is 0.490 e. The number of carbonyl (C=O) groups is 2. The van der Waals surface area contributed by atoms with Gasteiger partial charge in [-0.1, -0.05) is 0 Å². The third-order valence-corrected chi connectivity index (χ3v) is 7.25. The number of aliphatic carboxylic acids is 1. The summed E-state index contributed by atoms with van der Waals surface area (Å²) in [6, 6.07) is 10.3. The number of pyridine rings is 1. The highest BCUT2D eigenvalue weighted by molar-refractivity contribution is 5.85. The summed E-state index contributed by atoms with van der Waals surface area (Å²) < 4.78 is 39.5. The summed E-state index contributed by atoms with van der Waals surface area (Å²) in [4.78, 5) is 31.6. The molecule has 0 aromatic carbocycles. The van der Waals surface area contributed by atoms with Gasteiger partial charge in [0.15, 0.2) is 0 Å². The molecule has 2 atom stereocenters. The van der Waals surface area contributed by atoms with Crippen molar-refractivity contribution in [1.82, 2.24) is 24.6 Å². The van der Waals surface area contributed by atoms with Gasteiger partial charge in [-0.25, -0.2) is 4.79 Å². The molecule has 5 heterocycles. The molecule has 3 aromatic rings. The number of carboxylic acid groups (broad SMARTS) is 1. The maximum absolute atomic E-state index is 14.1. The number of rotatable bonds is 6. The fourth-order valence-electron chi connectivity index (χ4n) is 5.60. The number of aromatic nitrogens is 3. The molecule has 0 radical (unpaired) electrons. The molecule has 0 aliphatic carbocycles. The first-order valence-corrected chi connectivity index (χ1v) is 12.8. The van der Waals surface area contributed by atoms with E-state index >= 15 is 0 Å². The molecule has 39 heavy (non-hydrogen) atoms.